The van der Waals surface area contributed by atoms with E-state index in [2.05, 4.69) is 15.9 Å². The minimum atomic E-state index is -0.597. The molecular formula is C12H7BrClFOS. The van der Waals surface area contributed by atoms with Crippen LogP contribution in [0.4, 0.5) is 4.39 Å². The number of aryl methyl sites for hydroxylation is 1. The van der Waals surface area contributed by atoms with Crippen LogP contribution in [0.1, 0.15) is 20.1 Å². The largest absolute Gasteiger partial charge is 0.288 e. The minimum absolute atomic E-state index is 0.0388. The molecule has 0 saturated heterocycles. The van der Waals surface area contributed by atoms with Crippen LogP contribution < -0.4 is 0 Å². The Morgan fingerprint density at radius 1 is 1.41 bits per heavy atom. The maximum absolute atomic E-state index is 13.6. The van der Waals surface area contributed by atoms with Gasteiger partial charge in [-0.05, 0) is 47.1 Å². The summed E-state index contributed by atoms with van der Waals surface area (Å²) in [5.74, 6) is -0.926. The lowest BCUT2D eigenvalue weighted by molar-refractivity contribution is 0.103. The smallest absolute Gasteiger partial charge is 0.207 e. The van der Waals surface area contributed by atoms with Gasteiger partial charge in [-0.3, -0.25) is 4.79 Å². The van der Waals surface area contributed by atoms with E-state index in [1.54, 1.807) is 0 Å². The molecule has 0 N–H and O–H groups in total. The molecule has 1 aromatic carbocycles. The molecule has 88 valence electrons. The number of benzene rings is 1. The van der Waals surface area contributed by atoms with Crippen molar-refractivity contribution in [2.45, 2.75) is 6.92 Å². The van der Waals surface area contributed by atoms with Crippen LogP contribution >= 0.6 is 38.9 Å². The van der Waals surface area contributed by atoms with Gasteiger partial charge in [0.05, 0.1) is 10.4 Å². The molecule has 2 aromatic rings. The lowest BCUT2D eigenvalue weighted by Gasteiger charge is -2.01. The van der Waals surface area contributed by atoms with Crippen LogP contribution in [0.3, 0.4) is 0 Å². The van der Waals surface area contributed by atoms with Gasteiger partial charge in [0.15, 0.2) is 0 Å². The van der Waals surface area contributed by atoms with E-state index in [9.17, 15) is 9.18 Å². The summed E-state index contributed by atoms with van der Waals surface area (Å²) in [4.78, 5) is 13.6. The lowest BCUT2D eigenvalue weighted by Crippen LogP contribution is -2.02. The average molecular weight is 334 g/mol. The normalized spacial score (nSPS) is 10.6. The number of rotatable bonds is 2. The van der Waals surface area contributed by atoms with Crippen molar-refractivity contribution in [1.82, 2.24) is 0 Å². The van der Waals surface area contributed by atoms with Crippen LogP contribution in [0, 0.1) is 12.7 Å². The molecule has 0 amide bonds. The Hall–Kier alpha value is -0.710. The fourth-order valence-electron chi connectivity index (χ4n) is 1.43. The zero-order valence-electron chi connectivity index (χ0n) is 8.76. The third-order valence-electron chi connectivity index (χ3n) is 2.19. The van der Waals surface area contributed by atoms with Crippen LogP contribution in [0.5, 0.6) is 0 Å². The molecule has 0 radical (unpaired) electrons. The van der Waals surface area contributed by atoms with Gasteiger partial charge in [0.1, 0.15) is 5.82 Å². The summed E-state index contributed by atoms with van der Waals surface area (Å²) in [7, 11) is 0. The summed E-state index contributed by atoms with van der Waals surface area (Å²) in [5.41, 5.74) is 0.0388. The molecule has 0 atom stereocenters. The highest BCUT2D eigenvalue weighted by Crippen LogP contribution is 2.30. The first kappa shape index (κ1) is 12.7. The molecule has 0 bridgehead atoms. The fraction of sp³-hybridized carbons (Fsp3) is 0.0833. The summed E-state index contributed by atoms with van der Waals surface area (Å²) in [6.45, 7) is 1.89. The quantitative estimate of drug-likeness (QED) is 0.719. The number of carbonyl (C=O) groups is 1. The van der Waals surface area contributed by atoms with Gasteiger partial charge >= 0.3 is 0 Å². The summed E-state index contributed by atoms with van der Waals surface area (Å²) < 4.78 is 14.3. The summed E-state index contributed by atoms with van der Waals surface area (Å²) in [5, 5.41) is 0.278. The number of ketones is 1. The van der Waals surface area contributed by atoms with E-state index >= 15 is 0 Å². The Morgan fingerprint density at radius 3 is 2.65 bits per heavy atom. The van der Waals surface area contributed by atoms with E-state index in [4.69, 9.17) is 11.6 Å². The predicted molar refractivity (Wildman–Crippen MR) is 71.6 cm³/mol. The maximum atomic E-state index is 13.6. The molecule has 5 heteroatoms. The zero-order chi connectivity index (χ0) is 12.6. The van der Waals surface area contributed by atoms with Crippen molar-refractivity contribution >= 4 is 44.7 Å². The molecule has 1 heterocycles. The van der Waals surface area contributed by atoms with E-state index < -0.39 is 5.82 Å². The average Bonchev–Trinajstić information content (AvgIpc) is 2.57. The van der Waals surface area contributed by atoms with Crippen LogP contribution in [0.2, 0.25) is 5.02 Å². The molecule has 0 aliphatic rings. The van der Waals surface area contributed by atoms with Crippen molar-refractivity contribution in [3.05, 3.63) is 54.9 Å². The van der Waals surface area contributed by atoms with E-state index in [1.165, 1.54) is 23.5 Å². The van der Waals surface area contributed by atoms with E-state index in [-0.39, 0.29) is 16.4 Å². The molecule has 1 nitrogen and oxygen atoms in total. The van der Waals surface area contributed by atoms with Gasteiger partial charge in [-0.15, -0.1) is 11.3 Å². The molecule has 0 saturated carbocycles. The Labute approximate surface area is 115 Å². The monoisotopic (exact) mass is 332 g/mol. The number of thiophene rings is 1. The second-order valence-electron chi connectivity index (χ2n) is 3.49. The van der Waals surface area contributed by atoms with Crippen molar-refractivity contribution in [2.24, 2.45) is 0 Å². The van der Waals surface area contributed by atoms with Gasteiger partial charge in [-0.1, -0.05) is 11.6 Å². The highest BCUT2D eigenvalue weighted by molar-refractivity contribution is 9.10. The molecule has 0 aliphatic carbocycles. The minimum Gasteiger partial charge on any atom is -0.288 e. The van der Waals surface area contributed by atoms with Gasteiger partial charge < -0.3 is 0 Å². The van der Waals surface area contributed by atoms with E-state index in [1.807, 2.05) is 13.0 Å². The summed E-state index contributed by atoms with van der Waals surface area (Å²) >= 11 is 10.3. The Bertz CT molecular complexity index is 594. The van der Waals surface area contributed by atoms with Gasteiger partial charge in [-0.2, -0.15) is 0 Å². The molecular weight excluding hydrogens is 327 g/mol. The van der Waals surface area contributed by atoms with Crippen LogP contribution in [-0.2, 0) is 0 Å². The molecule has 0 aliphatic heterocycles. The van der Waals surface area contributed by atoms with Crippen molar-refractivity contribution in [2.75, 3.05) is 0 Å². The van der Waals surface area contributed by atoms with E-state index in [0.29, 0.717) is 9.35 Å². The Kier molecular flexibility index (Phi) is 3.66. The molecule has 1 aromatic heterocycles. The van der Waals surface area contributed by atoms with Gasteiger partial charge in [0, 0.05) is 14.4 Å². The first-order valence-corrected chi connectivity index (χ1v) is 6.73. The topological polar surface area (TPSA) is 17.1 Å². The van der Waals surface area contributed by atoms with Crippen molar-refractivity contribution in [3.8, 4) is 0 Å². The number of carbonyl (C=O) groups excluding carboxylic acids is 1. The molecule has 0 unspecified atom stereocenters. The Balaban J connectivity index is 2.47. The van der Waals surface area contributed by atoms with Gasteiger partial charge in [0.25, 0.3) is 0 Å². The lowest BCUT2D eigenvalue weighted by atomic mass is 10.1. The van der Waals surface area contributed by atoms with Crippen molar-refractivity contribution in [3.63, 3.8) is 0 Å². The SMILES string of the molecule is Cc1cc(Br)c(C(=O)c2ccc(Cl)cc2F)s1. The molecule has 2 rings (SSSR count). The summed E-state index contributed by atoms with van der Waals surface area (Å²) in [6, 6.07) is 5.89. The highest BCUT2D eigenvalue weighted by Gasteiger charge is 2.18. The summed E-state index contributed by atoms with van der Waals surface area (Å²) in [6.07, 6.45) is 0. The Morgan fingerprint density at radius 2 is 2.12 bits per heavy atom. The first-order chi connectivity index (χ1) is 7.99. The number of halogens is 3. The second kappa shape index (κ2) is 4.88. The van der Waals surface area contributed by atoms with Crippen LogP contribution in [0.25, 0.3) is 0 Å². The van der Waals surface area contributed by atoms with Crippen molar-refractivity contribution in [1.29, 1.82) is 0 Å². The van der Waals surface area contributed by atoms with E-state index in [0.717, 1.165) is 10.9 Å². The first-order valence-electron chi connectivity index (χ1n) is 4.74. The van der Waals surface area contributed by atoms with Crippen LogP contribution in [-0.4, -0.2) is 5.78 Å². The third-order valence-corrected chi connectivity index (χ3v) is 4.36. The highest BCUT2D eigenvalue weighted by atomic mass is 79.9. The molecule has 0 fully saturated rings. The van der Waals surface area contributed by atoms with Crippen LogP contribution in [0.15, 0.2) is 28.7 Å². The van der Waals surface area contributed by atoms with Crippen molar-refractivity contribution < 1.29 is 9.18 Å². The standard InChI is InChI=1S/C12H7BrClFOS/c1-6-4-9(13)12(17-6)11(16)8-3-2-7(14)5-10(8)15/h2-5H,1H3. The third kappa shape index (κ3) is 2.59. The fourth-order valence-corrected chi connectivity index (χ4v) is 3.37. The number of hydrogen-bond acceptors (Lipinski definition) is 2. The van der Waals surface area contributed by atoms with Gasteiger partial charge in [-0.25, -0.2) is 4.39 Å². The molecule has 17 heavy (non-hydrogen) atoms. The predicted octanol–water partition coefficient (Wildman–Crippen LogP) is 4.84. The number of hydrogen-bond donors (Lipinski definition) is 0. The second-order valence-corrected chi connectivity index (χ2v) is 6.03. The zero-order valence-corrected chi connectivity index (χ0v) is 11.9. The molecule has 0 spiro atoms. The maximum Gasteiger partial charge on any atom is 0.207 e. The van der Waals surface area contributed by atoms with Gasteiger partial charge in [0.2, 0.25) is 5.78 Å².